The van der Waals surface area contributed by atoms with Gasteiger partial charge in [0, 0.05) is 35.9 Å². The SMILES string of the molecule is CC(C)C(=O)NCc1csc(C2CCCN(C(=O)c3ccc(F)cc3)C2)n1. The topological polar surface area (TPSA) is 62.3 Å². The Morgan fingerprint density at radius 2 is 2.07 bits per heavy atom. The number of aromatic nitrogens is 1. The third-order valence-corrected chi connectivity index (χ3v) is 5.74. The minimum Gasteiger partial charge on any atom is -0.350 e. The zero-order chi connectivity index (χ0) is 19.4. The van der Waals surface area contributed by atoms with E-state index >= 15 is 0 Å². The van der Waals surface area contributed by atoms with Crippen molar-refractivity contribution >= 4 is 23.2 Å². The minimum atomic E-state index is -0.344. The lowest BCUT2D eigenvalue weighted by Gasteiger charge is -2.32. The molecule has 3 rings (SSSR count). The Labute approximate surface area is 162 Å². The van der Waals surface area contributed by atoms with Crippen molar-refractivity contribution in [3.8, 4) is 0 Å². The third-order valence-electron chi connectivity index (χ3n) is 4.69. The van der Waals surface area contributed by atoms with Crippen LogP contribution in [0.4, 0.5) is 4.39 Å². The maximum atomic E-state index is 13.1. The van der Waals surface area contributed by atoms with Crippen LogP contribution in [-0.2, 0) is 11.3 Å². The maximum absolute atomic E-state index is 13.1. The number of carbonyl (C=O) groups is 2. The molecule has 1 unspecified atom stereocenters. The van der Waals surface area contributed by atoms with Crippen LogP contribution < -0.4 is 5.32 Å². The molecule has 5 nitrogen and oxygen atoms in total. The van der Waals surface area contributed by atoms with E-state index in [-0.39, 0.29) is 29.5 Å². The normalized spacial score (nSPS) is 17.2. The molecule has 0 spiro atoms. The third kappa shape index (κ3) is 4.91. The van der Waals surface area contributed by atoms with Gasteiger partial charge in [0.15, 0.2) is 0 Å². The van der Waals surface area contributed by atoms with Crippen LogP contribution in [-0.4, -0.2) is 34.8 Å². The summed E-state index contributed by atoms with van der Waals surface area (Å²) in [5.74, 6) is -0.253. The average Bonchev–Trinajstić information content (AvgIpc) is 3.15. The molecular formula is C20H24FN3O2S. The molecule has 2 amide bonds. The molecule has 0 radical (unpaired) electrons. The first-order valence-electron chi connectivity index (χ1n) is 9.21. The lowest BCUT2D eigenvalue weighted by molar-refractivity contribution is -0.124. The van der Waals surface area contributed by atoms with Crippen LogP contribution in [0, 0.1) is 11.7 Å². The largest absolute Gasteiger partial charge is 0.350 e. The molecule has 1 atom stereocenters. The summed E-state index contributed by atoms with van der Waals surface area (Å²) in [6.07, 6.45) is 1.90. The Bertz CT molecular complexity index is 804. The highest BCUT2D eigenvalue weighted by Crippen LogP contribution is 2.30. The molecular weight excluding hydrogens is 365 g/mol. The van der Waals surface area contributed by atoms with E-state index in [4.69, 9.17) is 0 Å². The Morgan fingerprint density at radius 1 is 1.33 bits per heavy atom. The summed E-state index contributed by atoms with van der Waals surface area (Å²) >= 11 is 1.58. The molecule has 1 saturated heterocycles. The second kappa shape index (κ2) is 8.61. The van der Waals surface area contributed by atoms with Crippen molar-refractivity contribution in [2.75, 3.05) is 13.1 Å². The Morgan fingerprint density at radius 3 is 2.78 bits per heavy atom. The summed E-state index contributed by atoms with van der Waals surface area (Å²) in [4.78, 5) is 30.9. The van der Waals surface area contributed by atoms with E-state index in [1.165, 1.54) is 24.3 Å². The van der Waals surface area contributed by atoms with Gasteiger partial charge in [-0.2, -0.15) is 0 Å². The summed E-state index contributed by atoms with van der Waals surface area (Å²) in [5.41, 5.74) is 1.36. The average molecular weight is 389 g/mol. The maximum Gasteiger partial charge on any atom is 0.253 e. The van der Waals surface area contributed by atoms with Gasteiger partial charge in [-0.1, -0.05) is 13.8 Å². The first-order chi connectivity index (χ1) is 12.9. The van der Waals surface area contributed by atoms with E-state index in [2.05, 4.69) is 10.3 Å². The molecule has 27 heavy (non-hydrogen) atoms. The van der Waals surface area contributed by atoms with Gasteiger partial charge >= 0.3 is 0 Å². The first kappa shape index (κ1) is 19.5. The molecule has 7 heteroatoms. The number of piperidine rings is 1. The number of likely N-dealkylation sites (tertiary alicyclic amines) is 1. The van der Waals surface area contributed by atoms with Crippen LogP contribution in [0.25, 0.3) is 0 Å². The van der Waals surface area contributed by atoms with Crippen molar-refractivity contribution in [3.63, 3.8) is 0 Å². The van der Waals surface area contributed by atoms with Crippen molar-refractivity contribution < 1.29 is 14.0 Å². The molecule has 144 valence electrons. The van der Waals surface area contributed by atoms with Crippen molar-refractivity contribution in [3.05, 3.63) is 51.7 Å². The van der Waals surface area contributed by atoms with Gasteiger partial charge in [0.2, 0.25) is 5.91 Å². The van der Waals surface area contributed by atoms with E-state index in [9.17, 15) is 14.0 Å². The zero-order valence-electron chi connectivity index (χ0n) is 15.6. The number of carbonyl (C=O) groups excluding carboxylic acids is 2. The highest BCUT2D eigenvalue weighted by molar-refractivity contribution is 7.09. The summed E-state index contributed by atoms with van der Waals surface area (Å²) in [7, 11) is 0. The van der Waals surface area contributed by atoms with Gasteiger partial charge < -0.3 is 10.2 Å². The molecule has 1 N–H and O–H groups in total. The lowest BCUT2D eigenvalue weighted by atomic mass is 9.98. The highest BCUT2D eigenvalue weighted by Gasteiger charge is 2.27. The molecule has 1 aliphatic rings. The zero-order valence-corrected chi connectivity index (χ0v) is 16.4. The molecule has 1 aromatic heterocycles. The number of thiazole rings is 1. The van der Waals surface area contributed by atoms with Crippen molar-refractivity contribution in [2.45, 2.75) is 39.2 Å². The fraction of sp³-hybridized carbons (Fsp3) is 0.450. The monoisotopic (exact) mass is 389 g/mol. The van der Waals surface area contributed by atoms with Crippen molar-refractivity contribution in [1.29, 1.82) is 0 Å². The smallest absolute Gasteiger partial charge is 0.253 e. The van der Waals surface area contributed by atoms with Crippen LogP contribution in [0.5, 0.6) is 0 Å². The number of halogens is 1. The second-order valence-electron chi connectivity index (χ2n) is 7.15. The fourth-order valence-electron chi connectivity index (χ4n) is 3.11. The lowest BCUT2D eigenvalue weighted by Crippen LogP contribution is -2.39. The number of amides is 2. The number of rotatable bonds is 5. The van der Waals surface area contributed by atoms with Gasteiger partial charge in [-0.15, -0.1) is 11.3 Å². The van der Waals surface area contributed by atoms with E-state index in [0.29, 0.717) is 25.2 Å². The summed E-state index contributed by atoms with van der Waals surface area (Å²) in [6.45, 7) is 5.46. The van der Waals surface area contributed by atoms with Gasteiger partial charge in [-0.05, 0) is 37.1 Å². The first-order valence-corrected chi connectivity index (χ1v) is 10.1. The van der Waals surface area contributed by atoms with Gasteiger partial charge in [-0.25, -0.2) is 9.37 Å². The van der Waals surface area contributed by atoms with Gasteiger partial charge in [-0.3, -0.25) is 9.59 Å². The highest BCUT2D eigenvalue weighted by atomic mass is 32.1. The molecule has 1 fully saturated rings. The molecule has 0 aliphatic carbocycles. The standard InChI is InChI=1S/C20H24FN3O2S/c1-13(2)18(25)22-10-17-12-27-19(23-17)15-4-3-9-24(11-15)20(26)14-5-7-16(21)8-6-14/h5-8,12-13,15H,3-4,9-11H2,1-2H3,(H,22,25). The fourth-order valence-corrected chi connectivity index (χ4v) is 4.06. The minimum absolute atomic E-state index is 0.0123. The predicted molar refractivity (Wildman–Crippen MR) is 103 cm³/mol. The van der Waals surface area contributed by atoms with Crippen LogP contribution in [0.3, 0.4) is 0 Å². The summed E-state index contributed by atoms with van der Waals surface area (Å²) in [6, 6.07) is 5.68. The second-order valence-corrected chi connectivity index (χ2v) is 8.04. The predicted octanol–water partition coefficient (Wildman–Crippen LogP) is 3.57. The van der Waals surface area contributed by atoms with E-state index < -0.39 is 0 Å². The van der Waals surface area contributed by atoms with E-state index in [1.54, 1.807) is 11.3 Å². The molecule has 0 saturated carbocycles. The molecule has 1 aliphatic heterocycles. The number of hydrogen-bond acceptors (Lipinski definition) is 4. The molecule has 0 bridgehead atoms. The number of nitrogens with zero attached hydrogens (tertiary/aromatic N) is 2. The molecule has 2 heterocycles. The molecule has 2 aromatic rings. The van der Waals surface area contributed by atoms with Crippen LogP contribution in [0.2, 0.25) is 0 Å². The Kier molecular flexibility index (Phi) is 6.21. The van der Waals surface area contributed by atoms with Crippen LogP contribution >= 0.6 is 11.3 Å². The number of hydrogen-bond donors (Lipinski definition) is 1. The van der Waals surface area contributed by atoms with Gasteiger partial charge in [0.25, 0.3) is 5.91 Å². The van der Waals surface area contributed by atoms with Gasteiger partial charge in [0.05, 0.1) is 17.2 Å². The molecule has 1 aromatic carbocycles. The Hall–Kier alpha value is -2.28. The number of nitrogens with one attached hydrogen (secondary N) is 1. The van der Waals surface area contributed by atoms with Crippen molar-refractivity contribution in [2.24, 2.45) is 5.92 Å². The van der Waals surface area contributed by atoms with E-state index in [1.807, 2.05) is 24.1 Å². The van der Waals surface area contributed by atoms with Crippen molar-refractivity contribution in [1.82, 2.24) is 15.2 Å². The van der Waals surface area contributed by atoms with Crippen LogP contribution in [0.15, 0.2) is 29.6 Å². The van der Waals surface area contributed by atoms with Crippen LogP contribution in [0.1, 0.15) is 53.7 Å². The quantitative estimate of drug-likeness (QED) is 0.850. The van der Waals surface area contributed by atoms with Gasteiger partial charge in [0.1, 0.15) is 5.82 Å². The summed E-state index contributed by atoms with van der Waals surface area (Å²) < 4.78 is 13.1. The summed E-state index contributed by atoms with van der Waals surface area (Å²) in [5, 5.41) is 5.85. The number of benzene rings is 1. The Balaban J connectivity index is 1.62. The van der Waals surface area contributed by atoms with E-state index in [0.717, 1.165) is 23.5 Å².